The van der Waals surface area contributed by atoms with E-state index in [-0.39, 0.29) is 10.7 Å². The number of nitrogens with zero attached hydrogens (tertiary/aromatic N) is 2. The van der Waals surface area contributed by atoms with Crippen LogP contribution in [-0.4, -0.2) is 24.5 Å². The summed E-state index contributed by atoms with van der Waals surface area (Å²) in [7, 11) is -3.35. The van der Waals surface area contributed by atoms with Gasteiger partial charge < -0.3 is 5.73 Å². The molecule has 0 spiro atoms. The summed E-state index contributed by atoms with van der Waals surface area (Å²) in [5.74, 6) is 0.116. The average Bonchev–Trinajstić information content (AvgIpc) is 2.59. The topological polar surface area (TPSA) is 78.0 Å². The fourth-order valence-corrected chi connectivity index (χ4v) is 2.53. The van der Waals surface area contributed by atoms with E-state index in [2.05, 4.69) is 21.0 Å². The highest BCUT2D eigenvalue weighted by molar-refractivity contribution is 9.10. The number of hydrogen-bond acceptors (Lipinski definition) is 4. The fourth-order valence-electron chi connectivity index (χ4n) is 1.44. The van der Waals surface area contributed by atoms with Gasteiger partial charge in [-0.1, -0.05) is 22.0 Å². The molecule has 2 N–H and O–H groups in total. The first-order valence-electron chi connectivity index (χ1n) is 4.69. The van der Waals surface area contributed by atoms with Crippen molar-refractivity contribution < 1.29 is 8.42 Å². The minimum atomic E-state index is -3.35. The summed E-state index contributed by atoms with van der Waals surface area (Å²) in [5, 5.41) is 3.99. The molecule has 17 heavy (non-hydrogen) atoms. The predicted octanol–water partition coefficient (Wildman–Crippen LogP) is 1.62. The first-order chi connectivity index (χ1) is 7.89. The summed E-state index contributed by atoms with van der Waals surface area (Å²) in [5.41, 5.74) is 6.48. The molecule has 2 rings (SSSR count). The minimum absolute atomic E-state index is 0.0393. The maximum atomic E-state index is 11.4. The number of nitrogen functional groups attached to an aromatic ring is 1. The summed E-state index contributed by atoms with van der Waals surface area (Å²) >= 11 is 3.33. The standard InChI is InChI=1S/C10H10BrN3O2S/c1-17(15,16)9-6-13-14(10(9)12)8-4-2-3-7(11)5-8/h2-6H,12H2,1H3. The molecule has 0 bridgehead atoms. The molecule has 90 valence electrons. The van der Waals surface area contributed by atoms with Crippen molar-refractivity contribution in [2.24, 2.45) is 0 Å². The largest absolute Gasteiger partial charge is 0.382 e. The van der Waals surface area contributed by atoms with Gasteiger partial charge in [-0.25, -0.2) is 13.1 Å². The third-order valence-electron chi connectivity index (χ3n) is 2.22. The maximum absolute atomic E-state index is 11.4. The second-order valence-electron chi connectivity index (χ2n) is 3.56. The van der Waals surface area contributed by atoms with Crippen LogP contribution in [0.15, 0.2) is 39.8 Å². The predicted molar refractivity (Wildman–Crippen MR) is 68.8 cm³/mol. The third-order valence-corrected chi connectivity index (χ3v) is 3.83. The molecule has 7 heteroatoms. The summed E-state index contributed by atoms with van der Waals surface area (Å²) in [6.45, 7) is 0. The molecule has 0 saturated carbocycles. The molecule has 1 aromatic carbocycles. The van der Waals surface area contributed by atoms with Crippen LogP contribution in [0, 0.1) is 0 Å². The van der Waals surface area contributed by atoms with E-state index < -0.39 is 9.84 Å². The molecule has 2 aromatic rings. The number of halogens is 1. The van der Waals surface area contributed by atoms with E-state index in [0.29, 0.717) is 5.69 Å². The lowest BCUT2D eigenvalue weighted by Gasteiger charge is -2.04. The summed E-state index contributed by atoms with van der Waals surface area (Å²) in [6.07, 6.45) is 2.36. The molecule has 0 aliphatic rings. The second kappa shape index (κ2) is 4.15. The molecule has 0 aliphatic heterocycles. The second-order valence-corrected chi connectivity index (χ2v) is 6.46. The zero-order valence-electron chi connectivity index (χ0n) is 8.96. The Morgan fingerprint density at radius 2 is 2.12 bits per heavy atom. The smallest absolute Gasteiger partial charge is 0.180 e. The van der Waals surface area contributed by atoms with Gasteiger partial charge >= 0.3 is 0 Å². The van der Waals surface area contributed by atoms with Gasteiger partial charge in [0, 0.05) is 10.7 Å². The molecule has 0 saturated heterocycles. The highest BCUT2D eigenvalue weighted by Gasteiger charge is 2.17. The SMILES string of the molecule is CS(=O)(=O)c1cnn(-c2cccc(Br)c2)c1N. The number of hydrogen-bond donors (Lipinski definition) is 1. The number of benzene rings is 1. The van der Waals surface area contributed by atoms with Gasteiger partial charge in [0.2, 0.25) is 0 Å². The van der Waals surface area contributed by atoms with Crippen molar-refractivity contribution in [1.29, 1.82) is 0 Å². The van der Waals surface area contributed by atoms with Crippen LogP contribution < -0.4 is 5.73 Å². The number of nitrogens with two attached hydrogens (primary N) is 1. The van der Waals surface area contributed by atoms with E-state index in [0.717, 1.165) is 10.7 Å². The van der Waals surface area contributed by atoms with Crippen LogP contribution in [0.4, 0.5) is 5.82 Å². The zero-order chi connectivity index (χ0) is 12.6. The Bertz CT molecular complexity index is 664. The van der Waals surface area contributed by atoms with Gasteiger partial charge in [-0.3, -0.25) is 0 Å². The van der Waals surface area contributed by atoms with Crippen LogP contribution in [0.3, 0.4) is 0 Å². The normalized spacial score (nSPS) is 11.6. The molecule has 0 radical (unpaired) electrons. The Labute approximate surface area is 107 Å². The van der Waals surface area contributed by atoms with E-state index in [4.69, 9.17) is 5.73 Å². The molecule has 1 heterocycles. The van der Waals surface area contributed by atoms with E-state index in [9.17, 15) is 8.42 Å². The molecule has 0 fully saturated rings. The lowest BCUT2D eigenvalue weighted by molar-refractivity contribution is 0.602. The monoisotopic (exact) mass is 315 g/mol. The molecule has 0 unspecified atom stereocenters. The van der Waals surface area contributed by atoms with Crippen LogP contribution in [0.2, 0.25) is 0 Å². The van der Waals surface area contributed by atoms with Gasteiger partial charge in [0.25, 0.3) is 0 Å². The van der Waals surface area contributed by atoms with Crippen molar-refractivity contribution in [3.63, 3.8) is 0 Å². The van der Waals surface area contributed by atoms with Crippen LogP contribution >= 0.6 is 15.9 Å². The van der Waals surface area contributed by atoms with Crippen molar-refractivity contribution >= 4 is 31.6 Å². The fraction of sp³-hybridized carbons (Fsp3) is 0.100. The molecule has 0 amide bonds. The van der Waals surface area contributed by atoms with E-state index >= 15 is 0 Å². The van der Waals surface area contributed by atoms with Gasteiger partial charge in [0.15, 0.2) is 9.84 Å². The highest BCUT2D eigenvalue weighted by atomic mass is 79.9. The van der Waals surface area contributed by atoms with Crippen molar-refractivity contribution in [2.45, 2.75) is 4.90 Å². The van der Waals surface area contributed by atoms with Crippen LogP contribution in [0.25, 0.3) is 5.69 Å². The van der Waals surface area contributed by atoms with Crippen molar-refractivity contribution in [2.75, 3.05) is 12.0 Å². The molecule has 0 atom stereocenters. The van der Waals surface area contributed by atoms with Gasteiger partial charge in [-0.05, 0) is 18.2 Å². The van der Waals surface area contributed by atoms with E-state index in [1.54, 1.807) is 12.1 Å². The number of rotatable bonds is 2. The molecule has 5 nitrogen and oxygen atoms in total. The minimum Gasteiger partial charge on any atom is -0.382 e. The van der Waals surface area contributed by atoms with E-state index in [1.807, 2.05) is 12.1 Å². The maximum Gasteiger partial charge on any atom is 0.180 e. The Morgan fingerprint density at radius 3 is 2.65 bits per heavy atom. The van der Waals surface area contributed by atoms with Crippen LogP contribution in [-0.2, 0) is 9.84 Å². The van der Waals surface area contributed by atoms with Crippen molar-refractivity contribution in [1.82, 2.24) is 9.78 Å². The lowest BCUT2D eigenvalue weighted by Crippen LogP contribution is -2.05. The van der Waals surface area contributed by atoms with Gasteiger partial charge in [-0.2, -0.15) is 5.10 Å². The number of sulfone groups is 1. The molecule has 1 aromatic heterocycles. The van der Waals surface area contributed by atoms with Crippen LogP contribution in [0.1, 0.15) is 0 Å². The van der Waals surface area contributed by atoms with Crippen molar-refractivity contribution in [3.05, 3.63) is 34.9 Å². The third kappa shape index (κ3) is 2.34. The van der Waals surface area contributed by atoms with Gasteiger partial charge in [-0.15, -0.1) is 0 Å². The molecular formula is C10H10BrN3O2S. The zero-order valence-corrected chi connectivity index (χ0v) is 11.4. The Morgan fingerprint density at radius 1 is 1.41 bits per heavy atom. The van der Waals surface area contributed by atoms with Gasteiger partial charge in [0.05, 0.1) is 11.9 Å². The molecule has 0 aliphatic carbocycles. The first kappa shape index (κ1) is 12.1. The number of anilines is 1. The van der Waals surface area contributed by atoms with Crippen molar-refractivity contribution in [3.8, 4) is 5.69 Å². The Hall–Kier alpha value is -1.34. The summed E-state index contributed by atoms with van der Waals surface area (Å²) in [6, 6.07) is 7.27. The quantitative estimate of drug-likeness (QED) is 0.913. The van der Waals surface area contributed by atoms with Gasteiger partial charge in [0.1, 0.15) is 10.7 Å². The number of aromatic nitrogens is 2. The Kier molecular flexibility index (Phi) is 2.96. The summed E-state index contributed by atoms with van der Waals surface area (Å²) < 4.78 is 25.1. The Balaban J connectivity index is 2.60. The van der Waals surface area contributed by atoms with E-state index in [1.165, 1.54) is 10.9 Å². The van der Waals surface area contributed by atoms with Crippen LogP contribution in [0.5, 0.6) is 0 Å². The molecular weight excluding hydrogens is 306 g/mol. The highest BCUT2D eigenvalue weighted by Crippen LogP contribution is 2.22. The average molecular weight is 316 g/mol. The summed E-state index contributed by atoms with van der Waals surface area (Å²) in [4.78, 5) is 0.0393. The first-order valence-corrected chi connectivity index (χ1v) is 7.37. The lowest BCUT2D eigenvalue weighted by atomic mass is 10.3.